The quantitative estimate of drug-likeness (QED) is 0.351. The molecule has 0 aliphatic heterocycles. The number of anilines is 1. The van der Waals surface area contributed by atoms with E-state index in [1.807, 2.05) is 0 Å². The van der Waals surface area contributed by atoms with Crippen LogP contribution in [0, 0.1) is 18.6 Å². The molecule has 2 aromatic rings. The molecule has 0 radical (unpaired) electrons. The predicted molar refractivity (Wildman–Crippen MR) is 77.4 cm³/mol. The summed E-state index contributed by atoms with van der Waals surface area (Å²) in [5, 5.41) is 14.6. The van der Waals surface area contributed by atoms with Gasteiger partial charge in [0.1, 0.15) is 11.6 Å². The highest BCUT2D eigenvalue weighted by Gasteiger charge is 2.10. The van der Waals surface area contributed by atoms with E-state index in [9.17, 15) is 8.78 Å². The molecular weight excluding hydrogens is 276 g/mol. The van der Waals surface area contributed by atoms with Gasteiger partial charge in [0.2, 0.25) is 0 Å². The van der Waals surface area contributed by atoms with Crippen LogP contribution in [0.3, 0.4) is 0 Å². The van der Waals surface area contributed by atoms with Crippen LogP contribution in [0.25, 0.3) is 0 Å². The zero-order valence-corrected chi connectivity index (χ0v) is 11.4. The van der Waals surface area contributed by atoms with Crippen molar-refractivity contribution in [2.75, 3.05) is 5.32 Å². The first-order valence-electron chi connectivity index (χ1n) is 6.28. The highest BCUT2D eigenvalue weighted by Crippen LogP contribution is 2.20. The van der Waals surface area contributed by atoms with E-state index in [2.05, 4.69) is 10.5 Å². The van der Waals surface area contributed by atoms with Crippen LogP contribution in [-0.2, 0) is 6.54 Å². The summed E-state index contributed by atoms with van der Waals surface area (Å²) in [6, 6.07) is 8.69. The van der Waals surface area contributed by atoms with Crippen molar-refractivity contribution in [1.82, 2.24) is 0 Å². The second-order valence-electron chi connectivity index (χ2n) is 4.57. The zero-order valence-electron chi connectivity index (χ0n) is 11.4. The van der Waals surface area contributed by atoms with Gasteiger partial charge in [-0.3, -0.25) is 0 Å². The van der Waals surface area contributed by atoms with Gasteiger partial charge < -0.3 is 16.3 Å². The van der Waals surface area contributed by atoms with E-state index >= 15 is 0 Å². The van der Waals surface area contributed by atoms with E-state index < -0.39 is 5.82 Å². The molecule has 0 unspecified atom stereocenters. The number of rotatable bonds is 4. The van der Waals surface area contributed by atoms with Crippen LogP contribution in [0.2, 0.25) is 0 Å². The molecule has 0 amide bonds. The van der Waals surface area contributed by atoms with Crippen LogP contribution >= 0.6 is 0 Å². The predicted octanol–water partition coefficient (Wildman–Crippen LogP) is 2.98. The smallest absolute Gasteiger partial charge is 0.170 e. The fourth-order valence-corrected chi connectivity index (χ4v) is 2.03. The maximum absolute atomic E-state index is 13.7. The summed E-state index contributed by atoms with van der Waals surface area (Å²) < 4.78 is 27.0. The Morgan fingerprint density at radius 1 is 1.29 bits per heavy atom. The SMILES string of the molecule is Cc1cccc(F)c1NCc1ccc(F)cc1/C(N)=N/O. The van der Waals surface area contributed by atoms with E-state index in [0.29, 0.717) is 11.3 Å². The Bertz CT molecular complexity index is 666. The normalized spacial score (nSPS) is 11.5. The zero-order chi connectivity index (χ0) is 15.4. The molecule has 0 bridgehead atoms. The average Bonchev–Trinajstić information content (AvgIpc) is 2.47. The van der Waals surface area contributed by atoms with E-state index in [0.717, 1.165) is 5.56 Å². The van der Waals surface area contributed by atoms with Gasteiger partial charge >= 0.3 is 0 Å². The second-order valence-corrected chi connectivity index (χ2v) is 4.57. The summed E-state index contributed by atoms with van der Waals surface area (Å²) in [5.74, 6) is -1.07. The number of para-hydroxylation sites is 1. The molecule has 4 nitrogen and oxygen atoms in total. The van der Waals surface area contributed by atoms with Gasteiger partial charge in [-0.1, -0.05) is 23.4 Å². The maximum atomic E-state index is 13.7. The van der Waals surface area contributed by atoms with Gasteiger partial charge in [0.05, 0.1) is 5.69 Å². The highest BCUT2D eigenvalue weighted by atomic mass is 19.1. The minimum Gasteiger partial charge on any atom is -0.409 e. The molecule has 4 N–H and O–H groups in total. The molecule has 110 valence electrons. The first kappa shape index (κ1) is 14.8. The lowest BCUT2D eigenvalue weighted by atomic mass is 10.1. The third-order valence-corrected chi connectivity index (χ3v) is 3.13. The Labute approximate surface area is 120 Å². The molecule has 0 aliphatic carbocycles. The number of nitrogens with one attached hydrogen (secondary N) is 1. The number of oxime groups is 1. The third-order valence-electron chi connectivity index (χ3n) is 3.13. The van der Waals surface area contributed by atoms with Crippen LogP contribution in [0.1, 0.15) is 16.7 Å². The maximum Gasteiger partial charge on any atom is 0.170 e. The lowest BCUT2D eigenvalue weighted by molar-refractivity contribution is 0.318. The van der Waals surface area contributed by atoms with E-state index in [4.69, 9.17) is 10.9 Å². The Morgan fingerprint density at radius 2 is 2.05 bits per heavy atom. The van der Waals surface area contributed by atoms with E-state index in [1.165, 1.54) is 24.3 Å². The number of amidine groups is 1. The number of hydrogen-bond acceptors (Lipinski definition) is 3. The topological polar surface area (TPSA) is 70.6 Å². The number of nitrogens with zero attached hydrogens (tertiary/aromatic N) is 1. The lowest BCUT2D eigenvalue weighted by Gasteiger charge is -2.13. The van der Waals surface area contributed by atoms with Crippen LogP contribution in [-0.4, -0.2) is 11.0 Å². The standard InChI is InChI=1S/C15H15F2N3O/c1-9-3-2-4-13(17)14(9)19-8-10-5-6-11(16)7-12(10)15(18)20-21/h2-7,19,21H,8H2,1H3,(H2,18,20). The summed E-state index contributed by atoms with van der Waals surface area (Å²) in [5.41, 5.74) is 7.50. The Hall–Kier alpha value is -2.63. The molecule has 0 fully saturated rings. The summed E-state index contributed by atoms with van der Waals surface area (Å²) in [6.45, 7) is 1.99. The molecule has 6 heteroatoms. The number of aryl methyl sites for hydroxylation is 1. The molecule has 2 rings (SSSR count). The molecule has 0 saturated carbocycles. The van der Waals surface area contributed by atoms with Crippen molar-refractivity contribution >= 4 is 11.5 Å². The van der Waals surface area contributed by atoms with Crippen molar-refractivity contribution in [3.8, 4) is 0 Å². The van der Waals surface area contributed by atoms with Gasteiger partial charge in [0, 0.05) is 12.1 Å². The lowest BCUT2D eigenvalue weighted by Crippen LogP contribution is -2.17. The Morgan fingerprint density at radius 3 is 2.71 bits per heavy atom. The monoisotopic (exact) mass is 291 g/mol. The molecule has 0 aromatic heterocycles. The van der Waals surface area contributed by atoms with Crippen molar-refractivity contribution in [1.29, 1.82) is 0 Å². The largest absolute Gasteiger partial charge is 0.409 e. The number of nitrogens with two attached hydrogens (primary N) is 1. The summed E-state index contributed by atoms with van der Waals surface area (Å²) in [7, 11) is 0. The molecule has 2 aromatic carbocycles. The first-order chi connectivity index (χ1) is 10.0. The van der Waals surface area contributed by atoms with Crippen LogP contribution in [0.15, 0.2) is 41.6 Å². The van der Waals surface area contributed by atoms with Gasteiger partial charge in [-0.2, -0.15) is 0 Å². The molecular formula is C15H15F2N3O. The van der Waals surface area contributed by atoms with Crippen molar-refractivity contribution in [3.05, 3.63) is 64.7 Å². The second kappa shape index (κ2) is 6.21. The first-order valence-corrected chi connectivity index (χ1v) is 6.28. The number of hydrogen-bond donors (Lipinski definition) is 3. The van der Waals surface area contributed by atoms with Crippen molar-refractivity contribution in [3.63, 3.8) is 0 Å². The van der Waals surface area contributed by atoms with Crippen molar-refractivity contribution in [2.24, 2.45) is 10.9 Å². The highest BCUT2D eigenvalue weighted by molar-refractivity contribution is 5.98. The summed E-state index contributed by atoms with van der Waals surface area (Å²) in [4.78, 5) is 0. The molecule has 0 atom stereocenters. The van der Waals surface area contributed by atoms with Crippen LogP contribution < -0.4 is 11.1 Å². The summed E-state index contributed by atoms with van der Waals surface area (Å²) in [6.07, 6.45) is 0. The van der Waals surface area contributed by atoms with Gasteiger partial charge in [-0.25, -0.2) is 8.78 Å². The Balaban J connectivity index is 2.28. The van der Waals surface area contributed by atoms with Gasteiger partial charge in [-0.05, 0) is 36.2 Å². The average molecular weight is 291 g/mol. The fraction of sp³-hybridized carbons (Fsp3) is 0.133. The van der Waals surface area contributed by atoms with E-state index in [1.54, 1.807) is 19.1 Å². The molecule has 0 heterocycles. The van der Waals surface area contributed by atoms with Gasteiger partial charge in [-0.15, -0.1) is 0 Å². The number of benzene rings is 2. The third kappa shape index (κ3) is 3.28. The van der Waals surface area contributed by atoms with E-state index in [-0.39, 0.29) is 23.8 Å². The van der Waals surface area contributed by atoms with Crippen LogP contribution in [0.4, 0.5) is 14.5 Å². The van der Waals surface area contributed by atoms with Crippen LogP contribution in [0.5, 0.6) is 0 Å². The molecule has 0 saturated heterocycles. The minimum absolute atomic E-state index is 0.198. The molecule has 0 spiro atoms. The van der Waals surface area contributed by atoms with Gasteiger partial charge in [0.15, 0.2) is 5.84 Å². The molecule has 0 aliphatic rings. The van der Waals surface area contributed by atoms with Crippen molar-refractivity contribution in [2.45, 2.75) is 13.5 Å². The molecule has 21 heavy (non-hydrogen) atoms. The Kier molecular flexibility index (Phi) is 4.37. The van der Waals surface area contributed by atoms with Crippen molar-refractivity contribution < 1.29 is 14.0 Å². The number of halogens is 2. The minimum atomic E-state index is -0.498. The summed E-state index contributed by atoms with van der Waals surface area (Å²) >= 11 is 0. The fourth-order valence-electron chi connectivity index (χ4n) is 2.03. The van der Waals surface area contributed by atoms with Gasteiger partial charge in [0.25, 0.3) is 0 Å².